The van der Waals surface area contributed by atoms with Gasteiger partial charge in [-0.25, -0.2) is 0 Å². The van der Waals surface area contributed by atoms with Crippen LogP contribution in [0.2, 0.25) is 0 Å². The van der Waals surface area contributed by atoms with E-state index in [9.17, 15) is 4.79 Å². The fraction of sp³-hybridized carbons (Fsp3) is 0.357. The number of aromatic nitrogens is 2. The van der Waals surface area contributed by atoms with E-state index in [1.165, 1.54) is 11.3 Å². The number of ether oxygens (including phenoxy) is 2. The summed E-state index contributed by atoms with van der Waals surface area (Å²) in [6.45, 7) is 5.09. The van der Waals surface area contributed by atoms with Crippen LogP contribution in [0, 0.1) is 0 Å². The number of rotatable bonds is 3. The van der Waals surface area contributed by atoms with E-state index in [0.717, 1.165) is 5.01 Å². The third-order valence-electron chi connectivity index (χ3n) is 2.96. The zero-order valence-corrected chi connectivity index (χ0v) is 12.6. The molecule has 21 heavy (non-hydrogen) atoms. The normalized spacial score (nSPS) is 13.3. The second kappa shape index (κ2) is 5.69. The Hall–Kier alpha value is -2.15. The number of carbonyl (C=O) groups excluding carboxylic acids is 1. The molecule has 0 bridgehead atoms. The highest BCUT2D eigenvalue weighted by molar-refractivity contribution is 7.15. The third-order valence-corrected chi connectivity index (χ3v) is 4.10. The summed E-state index contributed by atoms with van der Waals surface area (Å²) in [5.74, 6) is 1.31. The van der Waals surface area contributed by atoms with Crippen molar-refractivity contribution in [3.63, 3.8) is 0 Å². The van der Waals surface area contributed by atoms with Crippen LogP contribution in [-0.2, 0) is 0 Å². The predicted octanol–water partition coefficient (Wildman–Crippen LogP) is 2.69. The molecule has 110 valence electrons. The number of carbonyl (C=O) groups is 1. The molecule has 0 fully saturated rings. The molecule has 1 aromatic heterocycles. The van der Waals surface area contributed by atoms with E-state index in [1.807, 2.05) is 13.8 Å². The van der Waals surface area contributed by atoms with Crippen molar-refractivity contribution in [1.82, 2.24) is 10.2 Å². The average Bonchev–Trinajstić information content (AvgIpc) is 2.95. The van der Waals surface area contributed by atoms with Crippen LogP contribution in [0.5, 0.6) is 11.5 Å². The van der Waals surface area contributed by atoms with E-state index in [1.54, 1.807) is 18.2 Å². The maximum Gasteiger partial charge on any atom is 0.257 e. The Bertz CT molecular complexity index is 669. The summed E-state index contributed by atoms with van der Waals surface area (Å²) in [6, 6.07) is 5.12. The molecule has 2 heterocycles. The molecule has 0 radical (unpaired) electrons. The Morgan fingerprint density at radius 1 is 1.24 bits per heavy atom. The first-order valence-corrected chi connectivity index (χ1v) is 7.49. The standard InChI is InChI=1S/C14H15N3O3S/c1-8(2)13-16-17-14(21-13)15-12(18)9-3-4-10-11(7-9)20-6-5-19-10/h3-4,7-8H,5-6H2,1-2H3,(H,15,17,18). The second-order valence-corrected chi connectivity index (χ2v) is 5.92. The van der Waals surface area contributed by atoms with Crippen LogP contribution in [0.3, 0.4) is 0 Å². The molecule has 7 heteroatoms. The highest BCUT2D eigenvalue weighted by Crippen LogP contribution is 2.31. The van der Waals surface area contributed by atoms with Gasteiger partial charge in [0.1, 0.15) is 18.2 Å². The van der Waals surface area contributed by atoms with Crippen LogP contribution in [0.25, 0.3) is 0 Å². The molecule has 1 N–H and O–H groups in total. The lowest BCUT2D eigenvalue weighted by Gasteiger charge is -2.18. The number of nitrogens with zero attached hydrogens (tertiary/aromatic N) is 2. The number of anilines is 1. The number of nitrogens with one attached hydrogen (secondary N) is 1. The molecule has 0 saturated heterocycles. The van der Waals surface area contributed by atoms with Gasteiger partial charge in [-0.05, 0) is 18.2 Å². The highest BCUT2D eigenvalue weighted by atomic mass is 32.1. The van der Waals surface area contributed by atoms with E-state index in [0.29, 0.717) is 41.3 Å². The first-order valence-electron chi connectivity index (χ1n) is 6.68. The largest absolute Gasteiger partial charge is 0.486 e. The van der Waals surface area contributed by atoms with E-state index in [4.69, 9.17) is 9.47 Å². The van der Waals surface area contributed by atoms with E-state index in [-0.39, 0.29) is 5.91 Å². The Balaban J connectivity index is 1.75. The van der Waals surface area contributed by atoms with Gasteiger partial charge in [-0.2, -0.15) is 0 Å². The summed E-state index contributed by atoms with van der Waals surface area (Å²) in [5, 5.41) is 12.2. The molecule has 0 unspecified atom stereocenters. The molecule has 2 aromatic rings. The van der Waals surface area contributed by atoms with Crippen molar-refractivity contribution < 1.29 is 14.3 Å². The molecule has 6 nitrogen and oxygen atoms in total. The maximum absolute atomic E-state index is 12.2. The Kier molecular flexibility index (Phi) is 3.74. The quantitative estimate of drug-likeness (QED) is 0.943. The highest BCUT2D eigenvalue weighted by Gasteiger charge is 2.16. The molecule has 1 amide bonds. The lowest BCUT2D eigenvalue weighted by Crippen LogP contribution is -2.17. The van der Waals surface area contributed by atoms with Gasteiger partial charge in [-0.3, -0.25) is 10.1 Å². The summed E-state index contributed by atoms with van der Waals surface area (Å²) >= 11 is 1.38. The van der Waals surface area contributed by atoms with Crippen molar-refractivity contribution in [2.24, 2.45) is 0 Å². The monoisotopic (exact) mass is 305 g/mol. The van der Waals surface area contributed by atoms with E-state index in [2.05, 4.69) is 15.5 Å². The van der Waals surface area contributed by atoms with Gasteiger partial charge in [-0.15, -0.1) is 10.2 Å². The van der Waals surface area contributed by atoms with Crippen molar-refractivity contribution in [1.29, 1.82) is 0 Å². The number of amides is 1. The summed E-state index contributed by atoms with van der Waals surface area (Å²) in [6.07, 6.45) is 0. The minimum absolute atomic E-state index is 0.238. The summed E-state index contributed by atoms with van der Waals surface area (Å²) in [5.41, 5.74) is 0.501. The Labute approximate surface area is 126 Å². The molecular formula is C14H15N3O3S. The molecular weight excluding hydrogens is 290 g/mol. The minimum atomic E-state index is -0.238. The number of benzene rings is 1. The van der Waals surface area contributed by atoms with E-state index < -0.39 is 0 Å². The van der Waals surface area contributed by atoms with E-state index >= 15 is 0 Å². The Morgan fingerprint density at radius 3 is 2.71 bits per heavy atom. The summed E-state index contributed by atoms with van der Waals surface area (Å²) < 4.78 is 10.9. The van der Waals surface area contributed by atoms with Gasteiger partial charge < -0.3 is 9.47 Å². The van der Waals surface area contributed by atoms with Gasteiger partial charge in [-0.1, -0.05) is 25.2 Å². The van der Waals surface area contributed by atoms with Crippen molar-refractivity contribution in [3.8, 4) is 11.5 Å². The lowest BCUT2D eigenvalue weighted by molar-refractivity contribution is 0.102. The summed E-state index contributed by atoms with van der Waals surface area (Å²) in [4.78, 5) is 12.2. The van der Waals surface area contributed by atoms with Crippen LogP contribution < -0.4 is 14.8 Å². The fourth-order valence-electron chi connectivity index (χ4n) is 1.87. The molecule has 0 spiro atoms. The number of hydrogen-bond acceptors (Lipinski definition) is 6. The zero-order chi connectivity index (χ0) is 14.8. The van der Waals surface area contributed by atoms with Crippen molar-refractivity contribution in [3.05, 3.63) is 28.8 Å². The number of hydrogen-bond donors (Lipinski definition) is 1. The SMILES string of the molecule is CC(C)c1nnc(NC(=O)c2ccc3c(c2)OCCO3)s1. The minimum Gasteiger partial charge on any atom is -0.486 e. The predicted molar refractivity (Wildman–Crippen MR) is 79.4 cm³/mol. The van der Waals surface area contributed by atoms with Gasteiger partial charge in [0, 0.05) is 11.5 Å². The molecule has 0 saturated carbocycles. The van der Waals surface area contributed by atoms with Gasteiger partial charge in [0.2, 0.25) is 5.13 Å². The van der Waals surface area contributed by atoms with Crippen LogP contribution in [0.1, 0.15) is 35.1 Å². The maximum atomic E-state index is 12.2. The van der Waals surface area contributed by atoms with Crippen molar-refractivity contribution >= 4 is 22.4 Å². The average molecular weight is 305 g/mol. The fourth-order valence-corrected chi connectivity index (χ4v) is 2.61. The molecule has 1 aliphatic heterocycles. The van der Waals surface area contributed by atoms with Gasteiger partial charge in [0.15, 0.2) is 11.5 Å². The smallest absolute Gasteiger partial charge is 0.257 e. The van der Waals surface area contributed by atoms with Gasteiger partial charge in [0.05, 0.1) is 0 Å². The lowest BCUT2D eigenvalue weighted by atomic mass is 10.2. The molecule has 0 atom stereocenters. The van der Waals surface area contributed by atoms with Crippen LogP contribution in [-0.4, -0.2) is 29.3 Å². The number of fused-ring (bicyclic) bond motifs is 1. The molecule has 3 rings (SSSR count). The van der Waals surface area contributed by atoms with Gasteiger partial charge in [0.25, 0.3) is 5.91 Å². The van der Waals surface area contributed by atoms with Gasteiger partial charge >= 0.3 is 0 Å². The first kappa shape index (κ1) is 13.8. The molecule has 1 aromatic carbocycles. The van der Waals surface area contributed by atoms with Crippen LogP contribution in [0.15, 0.2) is 18.2 Å². The zero-order valence-electron chi connectivity index (χ0n) is 11.8. The molecule has 0 aliphatic carbocycles. The van der Waals surface area contributed by atoms with Crippen molar-refractivity contribution in [2.75, 3.05) is 18.5 Å². The summed E-state index contributed by atoms with van der Waals surface area (Å²) in [7, 11) is 0. The van der Waals surface area contributed by atoms with Crippen molar-refractivity contribution in [2.45, 2.75) is 19.8 Å². The molecule has 1 aliphatic rings. The Morgan fingerprint density at radius 2 is 2.00 bits per heavy atom. The van der Waals surface area contributed by atoms with Crippen LogP contribution >= 0.6 is 11.3 Å². The third kappa shape index (κ3) is 2.97. The van der Waals surface area contributed by atoms with Crippen LogP contribution in [0.4, 0.5) is 5.13 Å². The second-order valence-electron chi connectivity index (χ2n) is 4.91. The first-order chi connectivity index (χ1) is 10.1. The topological polar surface area (TPSA) is 73.3 Å².